The van der Waals surface area contributed by atoms with Crippen LogP contribution in [0.15, 0.2) is 53.4 Å². The minimum Gasteiger partial charge on any atom is -0.357 e. The van der Waals surface area contributed by atoms with Crippen molar-refractivity contribution < 1.29 is 37.6 Å². The minimum absolute atomic E-state index is 0.00475. The van der Waals surface area contributed by atoms with Crippen LogP contribution in [-0.2, 0) is 31.1 Å². The van der Waals surface area contributed by atoms with E-state index in [1.165, 1.54) is 43.8 Å². The molecule has 3 N–H and O–H groups in total. The van der Waals surface area contributed by atoms with Gasteiger partial charge in [0.2, 0.25) is 17.7 Å². The van der Waals surface area contributed by atoms with Gasteiger partial charge in [0.15, 0.2) is 12.4 Å². The van der Waals surface area contributed by atoms with Gasteiger partial charge in [0.05, 0.1) is 34.7 Å². The van der Waals surface area contributed by atoms with Crippen LogP contribution in [0.3, 0.4) is 0 Å². The lowest BCUT2D eigenvalue weighted by Gasteiger charge is -2.40. The van der Waals surface area contributed by atoms with E-state index in [1.54, 1.807) is 28.8 Å². The predicted octanol–water partition coefficient (Wildman–Crippen LogP) is 6.43. The van der Waals surface area contributed by atoms with Crippen molar-refractivity contribution in [1.82, 2.24) is 40.0 Å². The number of hydrogen-bond donors (Lipinski definition) is 3. The number of hydroxylamine groups is 1. The molecule has 0 aliphatic carbocycles. The summed E-state index contributed by atoms with van der Waals surface area (Å²) in [6, 6.07) is 9.62. The third-order valence-electron chi connectivity index (χ3n) is 15.1. The standard InChI is InChI=1S/C50H61BrF2N10O6/c1-59-30-55-47-41(59)26-38(46(45(47)53)56-40-5-3-36(51)25-39(40)52)49(67)58-69-29-44(65)62-22-14-34(15-23-62)50(68)63-20-10-32(11-21-63)24-31-8-16-60(17-9-31)28-33-12-18-61(19-13-33)42-6-2-35(27-54-42)37-4-7-43(64)57-48(37)66/h2-3,5-6,25-27,30-34,37,56H,4,7-24,28-29H2,1H3,(H,58,67)(H,57,64,66). The smallest absolute Gasteiger partial charge is 0.277 e. The van der Waals surface area contributed by atoms with Crippen molar-refractivity contribution >= 4 is 73.7 Å². The lowest BCUT2D eigenvalue weighted by molar-refractivity contribution is -0.144. The number of imidazole rings is 1. The summed E-state index contributed by atoms with van der Waals surface area (Å²) in [5, 5.41) is 5.13. The van der Waals surface area contributed by atoms with E-state index in [1.807, 2.05) is 17.0 Å². The SMILES string of the molecule is Cn1cnc2c(F)c(Nc3ccc(Br)cc3F)c(C(=O)NOCC(=O)N3CCC(C(=O)N4CCC(CC5CCN(CC6CCN(c7ccc(C8CCC(=O)NC8=O)cn7)CC6)CC5)CC4)CC3)cc21. The number of hydrogen-bond acceptors (Lipinski definition) is 11. The number of imide groups is 1. The predicted molar refractivity (Wildman–Crippen MR) is 258 cm³/mol. The number of aromatic nitrogens is 3. The van der Waals surface area contributed by atoms with E-state index in [4.69, 9.17) is 9.82 Å². The fourth-order valence-electron chi connectivity index (χ4n) is 11.0. The molecule has 5 saturated heterocycles. The molecular weight excluding hydrogens is 955 g/mol. The molecular formula is C50H61BrF2N10O6. The number of likely N-dealkylation sites (tertiary alicyclic amines) is 3. The monoisotopic (exact) mass is 1010 g/mol. The van der Waals surface area contributed by atoms with Crippen LogP contribution in [0.25, 0.3) is 11.0 Å². The number of piperidine rings is 5. The number of rotatable bonds is 13. The third kappa shape index (κ3) is 11.4. The van der Waals surface area contributed by atoms with Crippen LogP contribution in [0.5, 0.6) is 0 Å². The van der Waals surface area contributed by atoms with E-state index in [9.17, 15) is 28.4 Å². The third-order valence-corrected chi connectivity index (χ3v) is 15.6. The Hall–Kier alpha value is -5.53. The molecule has 0 bridgehead atoms. The molecule has 2 aromatic heterocycles. The maximum Gasteiger partial charge on any atom is 0.277 e. The second-order valence-corrected chi connectivity index (χ2v) is 20.5. The zero-order chi connectivity index (χ0) is 48.2. The average molecular weight is 1020 g/mol. The fourth-order valence-corrected chi connectivity index (χ4v) is 11.3. The topological polar surface area (TPSA) is 174 Å². The molecule has 7 heterocycles. The van der Waals surface area contributed by atoms with Gasteiger partial charge in [-0.25, -0.2) is 24.2 Å². The molecule has 2 aromatic carbocycles. The quantitative estimate of drug-likeness (QED) is 0.0996. The maximum atomic E-state index is 15.8. The molecule has 5 aliphatic heterocycles. The second kappa shape index (κ2) is 21.6. The summed E-state index contributed by atoms with van der Waals surface area (Å²) in [6.07, 6.45) is 13.2. The van der Waals surface area contributed by atoms with Crippen LogP contribution in [0.2, 0.25) is 0 Å². The highest BCUT2D eigenvalue weighted by atomic mass is 79.9. The first-order chi connectivity index (χ1) is 33.4. The van der Waals surface area contributed by atoms with E-state index in [0.29, 0.717) is 60.6 Å². The van der Waals surface area contributed by atoms with Crippen molar-refractivity contribution in [1.29, 1.82) is 0 Å². The van der Waals surface area contributed by atoms with E-state index < -0.39 is 24.1 Å². The molecule has 368 valence electrons. The van der Waals surface area contributed by atoms with E-state index in [0.717, 1.165) is 88.8 Å². The van der Waals surface area contributed by atoms with Crippen LogP contribution >= 0.6 is 15.9 Å². The van der Waals surface area contributed by atoms with Crippen molar-refractivity contribution in [2.45, 2.75) is 76.5 Å². The number of halogens is 3. The Bertz CT molecular complexity index is 2530. The molecule has 0 radical (unpaired) electrons. The van der Waals surface area contributed by atoms with Gasteiger partial charge in [-0.3, -0.25) is 34.1 Å². The largest absolute Gasteiger partial charge is 0.357 e. The number of benzene rings is 2. The first-order valence-electron chi connectivity index (χ1n) is 24.5. The highest BCUT2D eigenvalue weighted by molar-refractivity contribution is 9.10. The first kappa shape index (κ1) is 48.5. The number of nitrogens with zero attached hydrogens (tertiary/aromatic N) is 7. The lowest BCUT2D eigenvalue weighted by Crippen LogP contribution is -2.47. The number of aryl methyl sites for hydroxylation is 1. The zero-order valence-corrected chi connectivity index (χ0v) is 40.7. The summed E-state index contributed by atoms with van der Waals surface area (Å²) in [7, 11) is 1.65. The van der Waals surface area contributed by atoms with Gasteiger partial charge in [0, 0.05) is 75.9 Å². The molecule has 0 saturated carbocycles. The van der Waals surface area contributed by atoms with Crippen LogP contribution in [-0.4, -0.2) is 124 Å². The molecule has 69 heavy (non-hydrogen) atoms. The van der Waals surface area contributed by atoms with Crippen LogP contribution < -0.4 is 21.0 Å². The summed E-state index contributed by atoms with van der Waals surface area (Å²) < 4.78 is 32.5. The molecule has 16 nitrogen and oxygen atoms in total. The number of pyridine rings is 1. The summed E-state index contributed by atoms with van der Waals surface area (Å²) >= 11 is 3.21. The van der Waals surface area contributed by atoms with Gasteiger partial charge in [-0.15, -0.1) is 0 Å². The van der Waals surface area contributed by atoms with Crippen molar-refractivity contribution in [3.63, 3.8) is 0 Å². The maximum absolute atomic E-state index is 15.8. The highest BCUT2D eigenvalue weighted by Gasteiger charge is 2.34. The Morgan fingerprint density at radius 2 is 1.52 bits per heavy atom. The molecule has 19 heteroatoms. The van der Waals surface area contributed by atoms with Gasteiger partial charge in [0.25, 0.3) is 11.8 Å². The number of fused-ring (bicyclic) bond motifs is 1. The highest BCUT2D eigenvalue weighted by Crippen LogP contribution is 2.35. The van der Waals surface area contributed by atoms with Gasteiger partial charge < -0.3 is 29.5 Å². The number of amides is 5. The number of anilines is 3. The van der Waals surface area contributed by atoms with Crippen LogP contribution in [0.4, 0.5) is 26.0 Å². The van der Waals surface area contributed by atoms with Crippen LogP contribution in [0.1, 0.15) is 92.5 Å². The van der Waals surface area contributed by atoms with Gasteiger partial charge >= 0.3 is 0 Å². The van der Waals surface area contributed by atoms with Crippen molar-refractivity contribution in [3.05, 3.63) is 76.2 Å². The molecule has 4 aromatic rings. The normalized spacial score (nSPS) is 20.6. The number of carbonyl (C=O) groups excluding carboxylic acids is 5. The Kier molecular flexibility index (Phi) is 15.2. The number of carbonyl (C=O) groups is 5. The Labute approximate surface area is 408 Å². The van der Waals surface area contributed by atoms with Gasteiger partial charge in [-0.05, 0) is 131 Å². The summed E-state index contributed by atoms with van der Waals surface area (Å²) in [5.74, 6) is -0.421. The van der Waals surface area contributed by atoms with Crippen molar-refractivity contribution in [2.75, 3.05) is 75.7 Å². The van der Waals surface area contributed by atoms with Crippen molar-refractivity contribution in [3.8, 4) is 0 Å². The molecule has 5 amide bonds. The molecule has 5 fully saturated rings. The Balaban J connectivity index is 0.651. The fraction of sp³-hybridized carbons (Fsp3) is 0.540. The first-order valence-corrected chi connectivity index (χ1v) is 25.3. The summed E-state index contributed by atoms with van der Waals surface area (Å²) in [5.41, 5.74) is 2.93. The molecule has 1 atom stereocenters. The molecule has 9 rings (SSSR count). The minimum atomic E-state index is -0.846. The zero-order valence-electron chi connectivity index (χ0n) is 39.1. The van der Waals surface area contributed by atoms with E-state index in [2.05, 4.69) is 46.8 Å². The van der Waals surface area contributed by atoms with Crippen molar-refractivity contribution in [2.24, 2.45) is 30.7 Å². The number of nitrogens with one attached hydrogen (secondary N) is 3. The van der Waals surface area contributed by atoms with E-state index in [-0.39, 0.29) is 57.9 Å². The van der Waals surface area contributed by atoms with E-state index >= 15 is 4.39 Å². The molecule has 1 unspecified atom stereocenters. The average Bonchev–Trinajstić information content (AvgIpc) is 3.74. The van der Waals surface area contributed by atoms with Gasteiger partial charge in [-0.2, -0.15) is 0 Å². The lowest BCUT2D eigenvalue weighted by atomic mass is 9.82. The summed E-state index contributed by atoms with van der Waals surface area (Å²) in [4.78, 5) is 86.7. The summed E-state index contributed by atoms with van der Waals surface area (Å²) in [6.45, 7) is 7.29. The second-order valence-electron chi connectivity index (χ2n) is 19.6. The van der Waals surface area contributed by atoms with Crippen LogP contribution in [0, 0.1) is 35.3 Å². The van der Waals surface area contributed by atoms with Gasteiger partial charge in [-0.1, -0.05) is 22.0 Å². The Morgan fingerprint density at radius 3 is 2.20 bits per heavy atom. The molecule has 5 aliphatic rings. The molecule has 0 spiro atoms. The van der Waals surface area contributed by atoms with Gasteiger partial charge in [0.1, 0.15) is 17.2 Å². The Morgan fingerprint density at radius 1 is 0.826 bits per heavy atom.